The van der Waals surface area contributed by atoms with Gasteiger partial charge in [0.15, 0.2) is 5.82 Å². The van der Waals surface area contributed by atoms with Gasteiger partial charge in [0.2, 0.25) is 5.16 Å². The number of nitrogens with two attached hydrogens (primary N) is 1. The first-order chi connectivity index (χ1) is 14.6. The van der Waals surface area contributed by atoms with Crippen molar-refractivity contribution in [2.45, 2.75) is 17.8 Å². The monoisotopic (exact) mass is 439 g/mol. The van der Waals surface area contributed by atoms with Gasteiger partial charge in [-0.1, -0.05) is 41.6 Å². The molecule has 2 N–H and O–H groups in total. The molecule has 0 spiro atoms. The fraction of sp³-hybridized carbons (Fsp3) is 0.190. The minimum atomic E-state index is 0.637. The second-order valence-electron chi connectivity index (χ2n) is 6.54. The molecule has 0 amide bonds. The van der Waals surface area contributed by atoms with Gasteiger partial charge in [0, 0.05) is 22.8 Å². The van der Waals surface area contributed by atoms with Crippen LogP contribution in [0.1, 0.15) is 11.3 Å². The third-order valence-electron chi connectivity index (χ3n) is 4.51. The summed E-state index contributed by atoms with van der Waals surface area (Å²) >= 11 is 3.07. The lowest BCUT2D eigenvalue weighted by atomic mass is 10.1. The Morgan fingerprint density at radius 1 is 1.07 bits per heavy atom. The zero-order chi connectivity index (χ0) is 21.1. The molecule has 0 unspecified atom stereocenters. The number of hydrogen-bond acceptors (Lipinski definition) is 8. The molecular weight excluding hydrogens is 418 g/mol. The van der Waals surface area contributed by atoms with Crippen molar-refractivity contribution in [3.63, 3.8) is 0 Å². The molecule has 2 aromatic heterocycles. The molecular formula is C21H21N5O2S2. The molecule has 0 aliphatic carbocycles. The van der Waals surface area contributed by atoms with E-state index in [4.69, 9.17) is 20.3 Å². The number of thiazole rings is 1. The van der Waals surface area contributed by atoms with E-state index in [2.05, 4.69) is 10.2 Å². The summed E-state index contributed by atoms with van der Waals surface area (Å²) in [5, 5.41) is 12.0. The van der Waals surface area contributed by atoms with Crippen LogP contribution in [-0.4, -0.2) is 34.1 Å². The molecule has 0 saturated carbocycles. The van der Waals surface area contributed by atoms with E-state index in [0.717, 1.165) is 33.3 Å². The summed E-state index contributed by atoms with van der Waals surface area (Å²) in [4.78, 5) is 4.74. The topological polar surface area (TPSA) is 88.1 Å². The summed E-state index contributed by atoms with van der Waals surface area (Å²) in [6, 6.07) is 13.8. The third-order valence-corrected chi connectivity index (χ3v) is 6.42. The van der Waals surface area contributed by atoms with Crippen LogP contribution in [0.3, 0.4) is 0 Å². The molecule has 0 radical (unpaired) electrons. The highest BCUT2D eigenvalue weighted by molar-refractivity contribution is 7.98. The molecule has 154 valence electrons. The third kappa shape index (κ3) is 4.12. The van der Waals surface area contributed by atoms with Crippen LogP contribution in [0, 0.1) is 6.92 Å². The van der Waals surface area contributed by atoms with Crippen molar-refractivity contribution >= 4 is 23.1 Å². The fourth-order valence-corrected chi connectivity index (χ4v) is 4.59. The van der Waals surface area contributed by atoms with E-state index < -0.39 is 0 Å². The van der Waals surface area contributed by atoms with Gasteiger partial charge < -0.3 is 15.3 Å². The second kappa shape index (κ2) is 8.76. The molecule has 2 heterocycles. The van der Waals surface area contributed by atoms with Crippen LogP contribution in [0.25, 0.3) is 22.0 Å². The predicted octanol–water partition coefficient (Wildman–Crippen LogP) is 4.40. The first kappa shape index (κ1) is 20.2. The quantitative estimate of drug-likeness (QED) is 0.337. The van der Waals surface area contributed by atoms with E-state index in [1.54, 1.807) is 25.6 Å². The summed E-state index contributed by atoms with van der Waals surface area (Å²) in [6.45, 7) is 2.04. The average molecular weight is 440 g/mol. The SMILES string of the molecule is COc1ccc(-c2nc(CSc3nnc(-c4ccc(C)cc4)n3N)cs2)c(OC)c1. The standard InChI is InChI=1S/C21H21N5O2S2/c1-13-4-6-14(7-5-13)19-24-25-21(26(19)22)30-12-15-11-29-20(23-15)17-9-8-16(27-2)10-18(17)28-3/h4-11H,12,22H2,1-3H3. The van der Waals surface area contributed by atoms with E-state index in [1.165, 1.54) is 22.0 Å². The molecule has 2 aromatic carbocycles. The summed E-state index contributed by atoms with van der Waals surface area (Å²) in [7, 11) is 3.27. The number of nitrogen functional groups attached to an aromatic ring is 1. The summed E-state index contributed by atoms with van der Waals surface area (Å²) in [5.74, 6) is 8.97. The van der Waals surface area contributed by atoms with E-state index in [-0.39, 0.29) is 0 Å². The van der Waals surface area contributed by atoms with Crippen LogP contribution in [0.5, 0.6) is 11.5 Å². The predicted molar refractivity (Wildman–Crippen MR) is 121 cm³/mol. The van der Waals surface area contributed by atoms with Crippen molar-refractivity contribution < 1.29 is 9.47 Å². The minimum Gasteiger partial charge on any atom is -0.497 e. The highest BCUT2D eigenvalue weighted by atomic mass is 32.2. The van der Waals surface area contributed by atoms with E-state index in [0.29, 0.717) is 16.7 Å². The summed E-state index contributed by atoms with van der Waals surface area (Å²) < 4.78 is 12.3. The smallest absolute Gasteiger partial charge is 0.210 e. The van der Waals surface area contributed by atoms with Crippen molar-refractivity contribution in [3.05, 3.63) is 59.1 Å². The maximum atomic E-state index is 6.22. The lowest BCUT2D eigenvalue weighted by molar-refractivity contribution is 0.395. The number of hydrogen-bond donors (Lipinski definition) is 1. The number of nitrogens with zero attached hydrogens (tertiary/aromatic N) is 4. The van der Waals surface area contributed by atoms with Crippen molar-refractivity contribution in [1.29, 1.82) is 0 Å². The number of rotatable bonds is 7. The van der Waals surface area contributed by atoms with Crippen LogP contribution in [0.15, 0.2) is 53.0 Å². The molecule has 0 fully saturated rings. The Hall–Kier alpha value is -3.04. The Kier molecular flexibility index (Phi) is 5.91. The van der Waals surface area contributed by atoms with Crippen LogP contribution in [0.4, 0.5) is 0 Å². The Morgan fingerprint density at radius 2 is 1.87 bits per heavy atom. The zero-order valence-corrected chi connectivity index (χ0v) is 18.5. The lowest BCUT2D eigenvalue weighted by Gasteiger charge is -2.08. The number of ether oxygens (including phenoxy) is 2. The number of aryl methyl sites for hydroxylation is 1. The Morgan fingerprint density at radius 3 is 2.60 bits per heavy atom. The van der Waals surface area contributed by atoms with Gasteiger partial charge >= 0.3 is 0 Å². The molecule has 7 nitrogen and oxygen atoms in total. The number of thioether (sulfide) groups is 1. The van der Waals surface area contributed by atoms with Crippen LogP contribution in [0.2, 0.25) is 0 Å². The van der Waals surface area contributed by atoms with Gasteiger partial charge in [0.05, 0.1) is 25.5 Å². The lowest BCUT2D eigenvalue weighted by Crippen LogP contribution is -2.11. The molecule has 9 heteroatoms. The minimum absolute atomic E-state index is 0.637. The van der Waals surface area contributed by atoms with E-state index in [9.17, 15) is 0 Å². The largest absolute Gasteiger partial charge is 0.497 e. The normalized spacial score (nSPS) is 10.9. The molecule has 4 rings (SSSR count). The molecule has 4 aromatic rings. The van der Waals surface area contributed by atoms with Crippen LogP contribution >= 0.6 is 23.1 Å². The van der Waals surface area contributed by atoms with Gasteiger partial charge in [0.25, 0.3) is 0 Å². The van der Waals surface area contributed by atoms with Gasteiger partial charge in [-0.2, -0.15) is 0 Å². The average Bonchev–Trinajstić information content (AvgIpc) is 3.39. The molecule has 0 aliphatic heterocycles. The van der Waals surface area contributed by atoms with Crippen LogP contribution < -0.4 is 15.3 Å². The van der Waals surface area contributed by atoms with Crippen molar-refractivity contribution in [2.75, 3.05) is 20.1 Å². The first-order valence-corrected chi connectivity index (χ1v) is 11.0. The van der Waals surface area contributed by atoms with Crippen molar-refractivity contribution in [1.82, 2.24) is 19.9 Å². The maximum Gasteiger partial charge on any atom is 0.210 e. The van der Waals surface area contributed by atoms with Crippen molar-refractivity contribution in [3.8, 4) is 33.5 Å². The summed E-state index contributed by atoms with van der Waals surface area (Å²) in [6.07, 6.45) is 0. The molecule has 0 atom stereocenters. The van der Waals surface area contributed by atoms with Crippen molar-refractivity contribution in [2.24, 2.45) is 0 Å². The Balaban J connectivity index is 1.49. The van der Waals surface area contributed by atoms with Gasteiger partial charge in [-0.05, 0) is 19.1 Å². The van der Waals surface area contributed by atoms with Gasteiger partial charge in [-0.25, -0.2) is 9.66 Å². The fourth-order valence-electron chi connectivity index (χ4n) is 2.89. The Bertz CT molecular complexity index is 1150. The number of benzene rings is 2. The Labute approximate surface area is 182 Å². The first-order valence-electron chi connectivity index (χ1n) is 9.16. The highest BCUT2D eigenvalue weighted by Gasteiger charge is 2.15. The summed E-state index contributed by atoms with van der Waals surface area (Å²) in [5.41, 5.74) is 4.00. The van der Waals surface area contributed by atoms with E-state index in [1.807, 2.05) is 54.8 Å². The molecule has 0 saturated heterocycles. The zero-order valence-electron chi connectivity index (χ0n) is 16.8. The molecule has 30 heavy (non-hydrogen) atoms. The second-order valence-corrected chi connectivity index (χ2v) is 8.34. The number of aromatic nitrogens is 4. The van der Waals surface area contributed by atoms with Gasteiger partial charge in [-0.15, -0.1) is 21.5 Å². The van der Waals surface area contributed by atoms with Gasteiger partial charge in [0.1, 0.15) is 16.5 Å². The van der Waals surface area contributed by atoms with Crippen LogP contribution in [-0.2, 0) is 5.75 Å². The molecule has 0 bridgehead atoms. The molecule has 0 aliphatic rings. The number of methoxy groups -OCH3 is 2. The maximum absolute atomic E-state index is 6.22. The highest BCUT2D eigenvalue weighted by Crippen LogP contribution is 2.36. The van der Waals surface area contributed by atoms with E-state index >= 15 is 0 Å². The van der Waals surface area contributed by atoms with Gasteiger partial charge in [-0.3, -0.25) is 0 Å².